The van der Waals surface area contributed by atoms with Gasteiger partial charge in [-0.25, -0.2) is 0 Å². The smallest absolute Gasteiger partial charge is 0.119 e. The molecule has 2 aliphatic heterocycles. The van der Waals surface area contributed by atoms with Crippen LogP contribution in [0.25, 0.3) is 0 Å². The molecule has 5 rings (SSSR count). The van der Waals surface area contributed by atoms with Gasteiger partial charge in [0, 0.05) is 31.1 Å². The number of benzene rings is 3. The van der Waals surface area contributed by atoms with Crippen molar-refractivity contribution in [3.63, 3.8) is 0 Å². The molecule has 208 valence electrons. The van der Waals surface area contributed by atoms with E-state index in [9.17, 15) is 15.3 Å². The maximum atomic E-state index is 10.2. The van der Waals surface area contributed by atoms with Crippen molar-refractivity contribution in [3.05, 3.63) is 94.5 Å². The quantitative estimate of drug-likeness (QED) is 0.338. The van der Waals surface area contributed by atoms with Gasteiger partial charge in [-0.2, -0.15) is 0 Å². The molecule has 2 saturated heterocycles. The highest BCUT2D eigenvalue weighted by Gasteiger charge is 2.37. The van der Waals surface area contributed by atoms with E-state index in [-0.39, 0.29) is 20.9 Å². The number of aliphatic hydroxyl groups excluding tert-OH is 3. The Morgan fingerprint density at radius 1 is 0.974 bits per heavy atom. The molecule has 0 spiro atoms. The van der Waals surface area contributed by atoms with Gasteiger partial charge in [0.05, 0.1) is 18.8 Å². The van der Waals surface area contributed by atoms with E-state index in [1.807, 2.05) is 30.3 Å². The molecule has 0 radical (unpaired) electrons. The molecule has 0 saturated carbocycles. The first-order valence-electron chi connectivity index (χ1n) is 13.6. The van der Waals surface area contributed by atoms with Crippen molar-refractivity contribution < 1.29 is 24.8 Å². The second-order valence-electron chi connectivity index (χ2n) is 10.3. The van der Waals surface area contributed by atoms with Crippen LogP contribution >= 0.6 is 19.5 Å². The molecule has 0 aromatic heterocycles. The van der Waals surface area contributed by atoms with E-state index in [2.05, 4.69) is 47.4 Å². The second-order valence-corrected chi connectivity index (χ2v) is 13.2. The first kappa shape index (κ1) is 28.5. The minimum atomic E-state index is -1.09. The van der Waals surface area contributed by atoms with Crippen molar-refractivity contribution in [2.45, 2.75) is 37.3 Å². The largest absolute Gasteiger partial charge is 0.492 e. The van der Waals surface area contributed by atoms with Crippen LogP contribution in [0.2, 0.25) is 5.02 Å². The van der Waals surface area contributed by atoms with Crippen molar-refractivity contribution in [2.75, 3.05) is 45.2 Å². The Morgan fingerprint density at radius 3 is 2.44 bits per heavy atom. The summed E-state index contributed by atoms with van der Waals surface area (Å²) in [7, 11) is -0.0227. The Kier molecular flexibility index (Phi) is 9.91. The molecule has 2 heterocycles. The maximum Gasteiger partial charge on any atom is 0.119 e. The fraction of sp³-hybridized carbons (Fsp3) is 0.419. The molecule has 3 unspecified atom stereocenters. The van der Waals surface area contributed by atoms with Crippen LogP contribution in [0.1, 0.15) is 29.2 Å². The van der Waals surface area contributed by atoms with Crippen LogP contribution in [0.15, 0.2) is 72.8 Å². The standard InChI is InChI=1S/C31H37ClNO5P/c32-27-11-8-23(29-20-28(35)31(36)30(21-34)38-29)19-24(27)18-22-6-9-25(10-7-22)37-15-12-33-13-16-39(17-14-33)26-4-2-1-3-5-26/h1-11,19,28-31,34-36H,12-18,20-21H2/t28?,29?,30?,31-/m0/s1. The monoisotopic (exact) mass is 569 g/mol. The van der Waals surface area contributed by atoms with Crippen molar-refractivity contribution >= 4 is 24.8 Å². The summed E-state index contributed by atoms with van der Waals surface area (Å²) in [5.74, 6) is 0.861. The first-order chi connectivity index (χ1) is 19.0. The summed E-state index contributed by atoms with van der Waals surface area (Å²) < 4.78 is 11.9. The maximum absolute atomic E-state index is 10.2. The van der Waals surface area contributed by atoms with Crippen LogP contribution in [0.5, 0.6) is 5.75 Å². The van der Waals surface area contributed by atoms with Crippen molar-refractivity contribution in [1.29, 1.82) is 0 Å². The third-order valence-corrected chi connectivity index (χ3v) is 10.6. The summed E-state index contributed by atoms with van der Waals surface area (Å²) in [5.41, 5.74) is 2.93. The van der Waals surface area contributed by atoms with Gasteiger partial charge in [0.25, 0.3) is 0 Å². The molecule has 8 heteroatoms. The van der Waals surface area contributed by atoms with Crippen LogP contribution in [0.3, 0.4) is 0 Å². The van der Waals surface area contributed by atoms with Crippen molar-refractivity contribution in [2.24, 2.45) is 0 Å². The normalized spacial score (nSPS) is 24.5. The molecule has 3 aromatic rings. The summed E-state index contributed by atoms with van der Waals surface area (Å²) >= 11 is 6.51. The average molecular weight is 570 g/mol. The lowest BCUT2D eigenvalue weighted by Gasteiger charge is -2.36. The van der Waals surface area contributed by atoms with Gasteiger partial charge >= 0.3 is 0 Å². The van der Waals surface area contributed by atoms with Gasteiger partial charge in [-0.1, -0.05) is 74.1 Å². The van der Waals surface area contributed by atoms with Crippen molar-refractivity contribution in [1.82, 2.24) is 4.90 Å². The highest BCUT2D eigenvalue weighted by molar-refractivity contribution is 7.65. The number of aliphatic hydroxyl groups is 3. The van der Waals surface area contributed by atoms with E-state index in [4.69, 9.17) is 21.1 Å². The van der Waals surface area contributed by atoms with Crippen LogP contribution in [-0.2, 0) is 11.2 Å². The van der Waals surface area contributed by atoms with Crippen LogP contribution in [-0.4, -0.2) is 83.7 Å². The molecular weight excluding hydrogens is 533 g/mol. The third-order valence-electron chi connectivity index (χ3n) is 7.68. The fourth-order valence-electron chi connectivity index (χ4n) is 5.33. The van der Waals surface area contributed by atoms with Gasteiger partial charge in [0.15, 0.2) is 0 Å². The van der Waals surface area contributed by atoms with Gasteiger partial charge in [-0.05, 0) is 58.9 Å². The van der Waals surface area contributed by atoms with Gasteiger partial charge in [-0.3, -0.25) is 4.90 Å². The second kappa shape index (κ2) is 13.6. The fourth-order valence-corrected chi connectivity index (χ4v) is 7.90. The number of ether oxygens (including phenoxy) is 2. The zero-order valence-corrected chi connectivity index (χ0v) is 23.7. The Hall–Kier alpha value is -2.02. The Bertz CT molecular complexity index is 1190. The average Bonchev–Trinajstić information content (AvgIpc) is 2.97. The molecule has 3 N–H and O–H groups in total. The molecular formula is C31H37ClNO5P. The number of rotatable bonds is 9. The third kappa shape index (κ3) is 7.39. The van der Waals surface area contributed by atoms with Crippen LogP contribution in [0.4, 0.5) is 0 Å². The SMILES string of the molecule is OCC1OC(c2ccc(Cl)c(Cc3ccc(OCCN4CCP(c5ccccc5)CC4)cc3)c2)CC(O)[C@@H]1O. The molecule has 2 aliphatic rings. The molecule has 4 atom stereocenters. The predicted octanol–water partition coefficient (Wildman–Crippen LogP) is 3.98. The molecule has 0 bridgehead atoms. The summed E-state index contributed by atoms with van der Waals surface area (Å²) in [6.45, 7) is 3.53. The van der Waals surface area contributed by atoms with Crippen molar-refractivity contribution in [3.8, 4) is 5.75 Å². The van der Waals surface area contributed by atoms with Crippen LogP contribution in [0, 0.1) is 0 Å². The van der Waals surface area contributed by atoms with E-state index >= 15 is 0 Å². The first-order valence-corrected chi connectivity index (χ1v) is 15.7. The number of hydrogen-bond donors (Lipinski definition) is 3. The van der Waals surface area contributed by atoms with Gasteiger partial charge in [0.2, 0.25) is 0 Å². The highest BCUT2D eigenvalue weighted by atomic mass is 35.5. The lowest BCUT2D eigenvalue weighted by molar-refractivity contribution is -0.181. The molecule has 39 heavy (non-hydrogen) atoms. The van der Waals surface area contributed by atoms with E-state index in [0.29, 0.717) is 18.1 Å². The van der Waals surface area contributed by atoms with E-state index in [1.165, 1.54) is 17.6 Å². The zero-order valence-electron chi connectivity index (χ0n) is 22.0. The number of halogens is 1. The predicted molar refractivity (Wildman–Crippen MR) is 157 cm³/mol. The van der Waals surface area contributed by atoms with Crippen LogP contribution < -0.4 is 10.0 Å². The van der Waals surface area contributed by atoms with E-state index in [1.54, 1.807) is 0 Å². The molecule has 0 amide bonds. The lowest BCUT2D eigenvalue weighted by atomic mass is 9.92. The number of nitrogens with zero attached hydrogens (tertiary/aromatic N) is 1. The Balaban J connectivity index is 1.11. The summed E-state index contributed by atoms with van der Waals surface area (Å²) in [6.07, 6.45) is 0.152. The zero-order chi connectivity index (χ0) is 27.2. The number of hydrogen-bond acceptors (Lipinski definition) is 6. The summed E-state index contributed by atoms with van der Waals surface area (Å²) in [4.78, 5) is 2.50. The van der Waals surface area contributed by atoms with Gasteiger partial charge in [-0.15, -0.1) is 0 Å². The summed E-state index contributed by atoms with van der Waals surface area (Å²) in [5, 5.41) is 31.9. The topological polar surface area (TPSA) is 82.4 Å². The Labute approximate surface area is 236 Å². The molecule has 6 nitrogen and oxygen atoms in total. The molecule has 3 aromatic carbocycles. The minimum Gasteiger partial charge on any atom is -0.492 e. The van der Waals surface area contributed by atoms with E-state index < -0.39 is 24.4 Å². The summed E-state index contributed by atoms with van der Waals surface area (Å²) in [6, 6.07) is 24.8. The van der Waals surface area contributed by atoms with Gasteiger partial charge < -0.3 is 24.8 Å². The molecule has 0 aliphatic carbocycles. The highest BCUT2D eigenvalue weighted by Crippen LogP contribution is 2.37. The van der Waals surface area contributed by atoms with E-state index in [0.717, 1.165) is 42.1 Å². The molecule has 2 fully saturated rings. The minimum absolute atomic E-state index is 0.0227. The Morgan fingerprint density at radius 2 is 1.72 bits per heavy atom. The lowest BCUT2D eigenvalue weighted by Crippen LogP contribution is -2.47. The van der Waals surface area contributed by atoms with Gasteiger partial charge in [0.1, 0.15) is 24.6 Å².